The lowest BCUT2D eigenvalue weighted by molar-refractivity contribution is 0.443. The summed E-state index contributed by atoms with van der Waals surface area (Å²) >= 11 is 1.75. The van der Waals surface area contributed by atoms with Crippen LogP contribution in [0.4, 0.5) is 5.13 Å². The predicted octanol–water partition coefficient (Wildman–Crippen LogP) is 3.88. The fourth-order valence-corrected chi connectivity index (χ4v) is 3.59. The minimum atomic E-state index is 0. The van der Waals surface area contributed by atoms with Crippen molar-refractivity contribution >= 4 is 33.4 Å². The maximum atomic E-state index is 4.82. The number of hydrogen-bond donors (Lipinski definition) is 1. The van der Waals surface area contributed by atoms with Gasteiger partial charge in [-0.3, -0.25) is 0 Å². The Labute approximate surface area is 141 Å². The van der Waals surface area contributed by atoms with Crippen molar-refractivity contribution in [3.05, 3.63) is 35.2 Å². The molecular formula is C16H22BrN3S. The highest BCUT2D eigenvalue weighted by Crippen LogP contribution is 2.29. The van der Waals surface area contributed by atoms with Crippen molar-refractivity contribution in [2.24, 2.45) is 0 Å². The summed E-state index contributed by atoms with van der Waals surface area (Å²) in [5.74, 6) is 0. The van der Waals surface area contributed by atoms with E-state index in [1.165, 1.54) is 24.0 Å². The molecule has 0 saturated carbocycles. The number of nitrogens with zero attached hydrogens (tertiary/aromatic N) is 2. The van der Waals surface area contributed by atoms with Gasteiger partial charge in [0.15, 0.2) is 5.13 Å². The standard InChI is InChI=1S/C16H21N3S.BrH/c1-12-4-3-5-13(10-12)15-11-20-16(18-15)19(2)14-6-8-17-9-7-14;/h3-5,10-11,14,17H,6-9H2,1-2H3;1H. The largest absolute Gasteiger partial charge is 0.348 e. The minimum Gasteiger partial charge on any atom is -0.348 e. The molecule has 0 aliphatic carbocycles. The fourth-order valence-electron chi connectivity index (χ4n) is 2.71. The Kier molecular flexibility index (Phi) is 5.79. The van der Waals surface area contributed by atoms with Gasteiger partial charge in [-0.1, -0.05) is 23.8 Å². The minimum absolute atomic E-state index is 0. The maximum Gasteiger partial charge on any atom is 0.185 e. The number of benzene rings is 1. The van der Waals surface area contributed by atoms with Crippen LogP contribution in [0.3, 0.4) is 0 Å². The molecule has 3 nitrogen and oxygen atoms in total. The fraction of sp³-hybridized carbons (Fsp3) is 0.438. The molecule has 0 unspecified atom stereocenters. The molecule has 0 spiro atoms. The van der Waals surface area contributed by atoms with Gasteiger partial charge in [0, 0.05) is 24.0 Å². The zero-order valence-electron chi connectivity index (χ0n) is 12.5. The van der Waals surface area contributed by atoms with Crippen LogP contribution in [0.2, 0.25) is 0 Å². The molecule has 1 aromatic heterocycles. The van der Waals surface area contributed by atoms with Gasteiger partial charge < -0.3 is 10.2 Å². The first-order valence-corrected chi connectivity index (χ1v) is 8.08. The lowest BCUT2D eigenvalue weighted by Gasteiger charge is -2.31. The summed E-state index contributed by atoms with van der Waals surface area (Å²) in [5.41, 5.74) is 3.59. The van der Waals surface area contributed by atoms with Crippen molar-refractivity contribution in [2.75, 3.05) is 25.0 Å². The summed E-state index contributed by atoms with van der Waals surface area (Å²) in [5, 5.41) is 6.72. The van der Waals surface area contributed by atoms with Crippen molar-refractivity contribution in [3.63, 3.8) is 0 Å². The zero-order valence-corrected chi connectivity index (χ0v) is 15.0. The molecule has 1 aromatic carbocycles. The van der Waals surface area contributed by atoms with Gasteiger partial charge in [0.1, 0.15) is 0 Å². The van der Waals surface area contributed by atoms with Gasteiger partial charge in [0.05, 0.1) is 5.69 Å². The number of rotatable bonds is 3. The number of anilines is 1. The van der Waals surface area contributed by atoms with Crippen molar-refractivity contribution in [1.82, 2.24) is 10.3 Å². The SMILES string of the molecule is Br.Cc1cccc(-c2csc(N(C)C3CCNCC3)n2)c1. The number of piperidine rings is 1. The predicted molar refractivity (Wildman–Crippen MR) is 96.9 cm³/mol. The summed E-state index contributed by atoms with van der Waals surface area (Å²) in [4.78, 5) is 7.17. The van der Waals surface area contributed by atoms with Crippen molar-refractivity contribution < 1.29 is 0 Å². The topological polar surface area (TPSA) is 28.2 Å². The van der Waals surface area contributed by atoms with E-state index in [4.69, 9.17) is 4.98 Å². The van der Waals surface area contributed by atoms with E-state index in [0.717, 1.165) is 23.9 Å². The Bertz CT molecular complexity index is 578. The average molecular weight is 368 g/mol. The number of aromatic nitrogens is 1. The summed E-state index contributed by atoms with van der Waals surface area (Å²) in [6, 6.07) is 9.17. The third-order valence-corrected chi connectivity index (χ3v) is 4.90. The number of thiazole rings is 1. The Balaban J connectivity index is 0.00000161. The van der Waals surface area contributed by atoms with Gasteiger partial charge in [-0.2, -0.15) is 0 Å². The van der Waals surface area contributed by atoms with Crippen LogP contribution in [0.1, 0.15) is 18.4 Å². The maximum absolute atomic E-state index is 4.82. The Morgan fingerprint density at radius 3 is 2.76 bits per heavy atom. The molecular weight excluding hydrogens is 346 g/mol. The van der Waals surface area contributed by atoms with Crippen LogP contribution in [-0.2, 0) is 0 Å². The smallest absolute Gasteiger partial charge is 0.185 e. The molecule has 0 radical (unpaired) electrons. The molecule has 1 saturated heterocycles. The molecule has 2 heterocycles. The third-order valence-electron chi connectivity index (χ3n) is 3.96. The van der Waals surface area contributed by atoms with E-state index in [2.05, 4.69) is 53.8 Å². The molecule has 1 N–H and O–H groups in total. The molecule has 1 fully saturated rings. The van der Waals surface area contributed by atoms with E-state index in [1.807, 2.05) is 0 Å². The quantitative estimate of drug-likeness (QED) is 0.891. The lowest BCUT2D eigenvalue weighted by Crippen LogP contribution is -2.41. The second kappa shape index (κ2) is 7.38. The van der Waals surface area contributed by atoms with Gasteiger partial charge in [0.25, 0.3) is 0 Å². The molecule has 0 atom stereocenters. The molecule has 0 amide bonds. The first-order chi connectivity index (χ1) is 9.74. The molecule has 1 aliphatic heterocycles. The van der Waals surface area contributed by atoms with Crippen molar-refractivity contribution in [1.29, 1.82) is 0 Å². The van der Waals surface area contributed by atoms with Crippen LogP contribution >= 0.6 is 28.3 Å². The van der Waals surface area contributed by atoms with Crippen LogP contribution in [-0.4, -0.2) is 31.2 Å². The summed E-state index contributed by atoms with van der Waals surface area (Å²) in [6.07, 6.45) is 2.41. The van der Waals surface area contributed by atoms with E-state index in [0.29, 0.717) is 6.04 Å². The van der Waals surface area contributed by atoms with E-state index >= 15 is 0 Å². The monoisotopic (exact) mass is 367 g/mol. The van der Waals surface area contributed by atoms with E-state index < -0.39 is 0 Å². The van der Waals surface area contributed by atoms with Gasteiger partial charge in [-0.15, -0.1) is 28.3 Å². The Hall–Kier alpha value is -0.910. The molecule has 0 bridgehead atoms. The molecule has 21 heavy (non-hydrogen) atoms. The first-order valence-electron chi connectivity index (χ1n) is 7.20. The molecule has 1 aliphatic rings. The highest BCUT2D eigenvalue weighted by molar-refractivity contribution is 8.93. The van der Waals surface area contributed by atoms with Crippen LogP contribution < -0.4 is 10.2 Å². The van der Waals surface area contributed by atoms with Crippen molar-refractivity contribution in [3.8, 4) is 11.3 Å². The summed E-state index contributed by atoms with van der Waals surface area (Å²) in [7, 11) is 2.18. The van der Waals surface area contributed by atoms with Gasteiger partial charge in [0.2, 0.25) is 0 Å². The van der Waals surface area contributed by atoms with Gasteiger partial charge in [-0.25, -0.2) is 4.98 Å². The third kappa shape index (κ3) is 3.84. The van der Waals surface area contributed by atoms with Gasteiger partial charge >= 0.3 is 0 Å². The lowest BCUT2D eigenvalue weighted by atomic mass is 10.1. The van der Waals surface area contributed by atoms with Crippen LogP contribution in [0, 0.1) is 6.92 Å². The average Bonchev–Trinajstić information content (AvgIpc) is 2.97. The summed E-state index contributed by atoms with van der Waals surface area (Å²) < 4.78 is 0. The van der Waals surface area contributed by atoms with Crippen LogP contribution in [0.5, 0.6) is 0 Å². The van der Waals surface area contributed by atoms with Gasteiger partial charge in [-0.05, 0) is 38.9 Å². The van der Waals surface area contributed by atoms with E-state index in [-0.39, 0.29) is 17.0 Å². The van der Waals surface area contributed by atoms with Crippen LogP contribution in [0.25, 0.3) is 11.3 Å². The number of aryl methyl sites for hydroxylation is 1. The second-order valence-corrected chi connectivity index (χ2v) is 6.31. The van der Waals surface area contributed by atoms with E-state index in [9.17, 15) is 0 Å². The second-order valence-electron chi connectivity index (χ2n) is 5.48. The Morgan fingerprint density at radius 2 is 2.05 bits per heavy atom. The zero-order chi connectivity index (χ0) is 13.9. The number of nitrogens with one attached hydrogen (secondary N) is 1. The molecule has 2 aromatic rings. The number of hydrogen-bond acceptors (Lipinski definition) is 4. The Morgan fingerprint density at radius 1 is 1.29 bits per heavy atom. The molecule has 5 heteroatoms. The van der Waals surface area contributed by atoms with E-state index in [1.54, 1.807) is 11.3 Å². The van der Waals surface area contributed by atoms with Crippen molar-refractivity contribution in [2.45, 2.75) is 25.8 Å². The van der Waals surface area contributed by atoms with Crippen LogP contribution in [0.15, 0.2) is 29.6 Å². The number of halogens is 1. The highest BCUT2D eigenvalue weighted by atomic mass is 79.9. The highest BCUT2D eigenvalue weighted by Gasteiger charge is 2.20. The molecule has 114 valence electrons. The summed E-state index contributed by atoms with van der Waals surface area (Å²) in [6.45, 7) is 4.36. The normalized spacial score (nSPS) is 15.5. The first kappa shape index (κ1) is 16.5. The molecule has 3 rings (SSSR count).